The summed E-state index contributed by atoms with van der Waals surface area (Å²) in [6, 6.07) is 9.25. The molecule has 2 nitrogen and oxygen atoms in total. The van der Waals surface area contributed by atoms with Gasteiger partial charge >= 0.3 is 0 Å². The van der Waals surface area contributed by atoms with Crippen molar-refractivity contribution in [2.75, 3.05) is 0 Å². The molecule has 1 unspecified atom stereocenters. The largest absolute Gasteiger partial charge is 0.469 e. The van der Waals surface area contributed by atoms with Gasteiger partial charge in [-0.3, -0.25) is 0 Å². The Morgan fingerprint density at radius 1 is 1.38 bits per heavy atom. The first-order valence-corrected chi connectivity index (χ1v) is 6.07. The fourth-order valence-corrected chi connectivity index (χ4v) is 2.28. The summed E-state index contributed by atoms with van der Waals surface area (Å²) in [6.45, 7) is 0. The van der Waals surface area contributed by atoms with E-state index < -0.39 is 0 Å². The van der Waals surface area contributed by atoms with Crippen LogP contribution in [0, 0.1) is 0 Å². The Balaban J connectivity index is 2.20. The van der Waals surface area contributed by atoms with Crippen molar-refractivity contribution in [2.45, 2.75) is 12.5 Å². The van der Waals surface area contributed by atoms with Crippen LogP contribution in [0.15, 0.2) is 45.5 Å². The van der Waals surface area contributed by atoms with Gasteiger partial charge in [0, 0.05) is 22.0 Å². The van der Waals surface area contributed by atoms with E-state index in [-0.39, 0.29) is 6.04 Å². The van der Waals surface area contributed by atoms with Crippen LogP contribution in [0.2, 0.25) is 5.02 Å². The second-order valence-corrected chi connectivity index (χ2v) is 4.85. The minimum atomic E-state index is -0.126. The Labute approximate surface area is 108 Å². The summed E-state index contributed by atoms with van der Waals surface area (Å²) in [5.41, 5.74) is 7.10. The van der Waals surface area contributed by atoms with Gasteiger partial charge in [0.05, 0.1) is 6.26 Å². The van der Waals surface area contributed by atoms with Gasteiger partial charge in [-0.15, -0.1) is 0 Å². The van der Waals surface area contributed by atoms with Gasteiger partial charge in [-0.05, 0) is 35.9 Å². The lowest BCUT2D eigenvalue weighted by molar-refractivity contribution is 0.488. The van der Waals surface area contributed by atoms with E-state index in [2.05, 4.69) is 15.9 Å². The third-order valence-corrected chi connectivity index (χ3v) is 3.32. The van der Waals surface area contributed by atoms with Crippen LogP contribution in [0.1, 0.15) is 17.4 Å². The molecule has 0 amide bonds. The quantitative estimate of drug-likeness (QED) is 0.932. The standard InChI is InChI=1S/C12H11BrClNO/c13-11-4-3-8(14)6-10(11)12(15)7-9-2-1-5-16-9/h1-6,12H,7,15H2. The average Bonchev–Trinajstić information content (AvgIpc) is 2.74. The van der Waals surface area contributed by atoms with Crippen molar-refractivity contribution in [2.24, 2.45) is 5.73 Å². The zero-order valence-electron chi connectivity index (χ0n) is 8.49. The van der Waals surface area contributed by atoms with Gasteiger partial charge in [-0.25, -0.2) is 0 Å². The van der Waals surface area contributed by atoms with Crippen molar-refractivity contribution >= 4 is 27.5 Å². The van der Waals surface area contributed by atoms with Gasteiger partial charge in [-0.2, -0.15) is 0 Å². The van der Waals surface area contributed by atoms with E-state index in [9.17, 15) is 0 Å². The first-order chi connectivity index (χ1) is 7.66. The maximum Gasteiger partial charge on any atom is 0.105 e. The van der Waals surface area contributed by atoms with E-state index in [4.69, 9.17) is 21.8 Å². The molecule has 1 aromatic carbocycles. The summed E-state index contributed by atoms with van der Waals surface area (Å²) < 4.78 is 6.24. The molecule has 1 heterocycles. The van der Waals surface area contributed by atoms with Crippen molar-refractivity contribution in [3.63, 3.8) is 0 Å². The topological polar surface area (TPSA) is 39.2 Å². The lowest BCUT2D eigenvalue weighted by Crippen LogP contribution is -2.13. The SMILES string of the molecule is NC(Cc1ccco1)c1cc(Cl)ccc1Br. The summed E-state index contributed by atoms with van der Waals surface area (Å²) in [6.07, 6.45) is 2.31. The van der Waals surface area contributed by atoms with E-state index in [1.165, 1.54) is 0 Å². The van der Waals surface area contributed by atoms with E-state index in [1.54, 1.807) is 6.26 Å². The molecule has 16 heavy (non-hydrogen) atoms. The van der Waals surface area contributed by atoms with Crippen LogP contribution in [0.3, 0.4) is 0 Å². The number of benzene rings is 1. The lowest BCUT2D eigenvalue weighted by atomic mass is 10.0. The smallest absolute Gasteiger partial charge is 0.105 e. The van der Waals surface area contributed by atoms with E-state index in [0.717, 1.165) is 15.8 Å². The van der Waals surface area contributed by atoms with Crippen LogP contribution in [-0.2, 0) is 6.42 Å². The van der Waals surface area contributed by atoms with Crippen LogP contribution in [-0.4, -0.2) is 0 Å². The molecule has 2 aromatic rings. The highest BCUT2D eigenvalue weighted by atomic mass is 79.9. The van der Waals surface area contributed by atoms with Gasteiger partial charge in [-0.1, -0.05) is 27.5 Å². The Bertz CT molecular complexity index is 470. The molecule has 0 aliphatic heterocycles. The van der Waals surface area contributed by atoms with Crippen LogP contribution in [0.5, 0.6) is 0 Å². The third kappa shape index (κ3) is 2.67. The highest BCUT2D eigenvalue weighted by Crippen LogP contribution is 2.27. The van der Waals surface area contributed by atoms with Crippen molar-refractivity contribution in [1.29, 1.82) is 0 Å². The normalized spacial score (nSPS) is 12.7. The first kappa shape index (κ1) is 11.7. The summed E-state index contributed by atoms with van der Waals surface area (Å²) in [5, 5.41) is 0.688. The maximum absolute atomic E-state index is 6.11. The molecule has 4 heteroatoms. The first-order valence-electron chi connectivity index (χ1n) is 4.89. The van der Waals surface area contributed by atoms with Crippen molar-refractivity contribution in [1.82, 2.24) is 0 Å². The van der Waals surface area contributed by atoms with Gasteiger partial charge in [0.15, 0.2) is 0 Å². The van der Waals surface area contributed by atoms with Crippen molar-refractivity contribution in [3.05, 3.63) is 57.4 Å². The molecule has 84 valence electrons. The fourth-order valence-electron chi connectivity index (χ4n) is 1.55. The van der Waals surface area contributed by atoms with Gasteiger partial charge in [0.25, 0.3) is 0 Å². The van der Waals surface area contributed by atoms with Crippen LogP contribution >= 0.6 is 27.5 Å². The molecular weight excluding hydrogens is 289 g/mol. The number of rotatable bonds is 3. The van der Waals surface area contributed by atoms with E-state index in [0.29, 0.717) is 11.4 Å². The summed E-state index contributed by atoms with van der Waals surface area (Å²) >= 11 is 9.41. The van der Waals surface area contributed by atoms with Gasteiger partial charge in [0.2, 0.25) is 0 Å². The number of furan rings is 1. The highest BCUT2D eigenvalue weighted by molar-refractivity contribution is 9.10. The Morgan fingerprint density at radius 3 is 2.88 bits per heavy atom. The molecule has 0 fully saturated rings. The second-order valence-electron chi connectivity index (χ2n) is 3.56. The number of hydrogen-bond donors (Lipinski definition) is 1. The predicted octanol–water partition coefficient (Wildman–Crippen LogP) is 3.94. The third-order valence-electron chi connectivity index (χ3n) is 2.36. The molecule has 0 aliphatic carbocycles. The zero-order chi connectivity index (χ0) is 11.5. The molecule has 2 N–H and O–H groups in total. The monoisotopic (exact) mass is 299 g/mol. The highest BCUT2D eigenvalue weighted by Gasteiger charge is 2.12. The zero-order valence-corrected chi connectivity index (χ0v) is 10.8. The Kier molecular flexibility index (Phi) is 3.69. The number of hydrogen-bond acceptors (Lipinski definition) is 2. The van der Waals surface area contributed by atoms with Crippen molar-refractivity contribution in [3.8, 4) is 0 Å². The minimum Gasteiger partial charge on any atom is -0.469 e. The molecule has 1 atom stereocenters. The average molecular weight is 301 g/mol. The molecule has 0 spiro atoms. The fraction of sp³-hybridized carbons (Fsp3) is 0.167. The molecule has 2 rings (SSSR count). The van der Waals surface area contributed by atoms with Crippen LogP contribution in [0.25, 0.3) is 0 Å². The number of nitrogens with two attached hydrogens (primary N) is 1. The van der Waals surface area contributed by atoms with Gasteiger partial charge < -0.3 is 10.2 Å². The molecule has 0 saturated heterocycles. The second kappa shape index (κ2) is 5.04. The summed E-state index contributed by atoms with van der Waals surface area (Å²) in [7, 11) is 0. The summed E-state index contributed by atoms with van der Waals surface area (Å²) in [4.78, 5) is 0. The van der Waals surface area contributed by atoms with E-state index in [1.807, 2.05) is 30.3 Å². The summed E-state index contributed by atoms with van der Waals surface area (Å²) in [5.74, 6) is 0.874. The lowest BCUT2D eigenvalue weighted by Gasteiger charge is -2.12. The molecule has 0 aliphatic rings. The molecule has 1 aromatic heterocycles. The minimum absolute atomic E-state index is 0.126. The number of halogens is 2. The maximum atomic E-state index is 6.11. The molecule has 0 saturated carbocycles. The molecular formula is C12H11BrClNO. The molecule has 0 bridgehead atoms. The Morgan fingerprint density at radius 2 is 2.19 bits per heavy atom. The van der Waals surface area contributed by atoms with Crippen molar-refractivity contribution < 1.29 is 4.42 Å². The Hall–Kier alpha value is -0.770. The van der Waals surface area contributed by atoms with Crippen LogP contribution in [0.4, 0.5) is 0 Å². The van der Waals surface area contributed by atoms with Gasteiger partial charge in [0.1, 0.15) is 5.76 Å². The molecule has 0 radical (unpaired) electrons. The predicted molar refractivity (Wildman–Crippen MR) is 68.5 cm³/mol. The van der Waals surface area contributed by atoms with Crippen LogP contribution < -0.4 is 5.73 Å². The van der Waals surface area contributed by atoms with E-state index >= 15 is 0 Å².